The minimum atomic E-state index is -0.0571. The Hall–Kier alpha value is -0.910. The fraction of sp³-hybridized carbons (Fsp3) is 0.588. The van der Waals surface area contributed by atoms with Crippen LogP contribution in [0.1, 0.15) is 37.7 Å². The molecule has 1 aromatic carbocycles. The molecule has 1 heterocycles. The maximum atomic E-state index is 12.9. The minimum Gasteiger partial charge on any atom is -0.334 e. The molecule has 0 aromatic heterocycles. The van der Waals surface area contributed by atoms with Crippen molar-refractivity contribution in [2.75, 3.05) is 0 Å². The second-order valence-corrected chi connectivity index (χ2v) is 7.76. The van der Waals surface area contributed by atoms with E-state index in [9.17, 15) is 4.79 Å². The van der Waals surface area contributed by atoms with Crippen molar-refractivity contribution in [2.45, 2.75) is 56.8 Å². The van der Waals surface area contributed by atoms with Gasteiger partial charge in [-0.3, -0.25) is 10.2 Å². The van der Waals surface area contributed by atoms with Crippen LogP contribution in [0.2, 0.25) is 0 Å². The van der Waals surface area contributed by atoms with Crippen LogP contribution in [0.5, 0.6) is 0 Å². The number of nitrogens with zero attached hydrogens (tertiary/aromatic N) is 1. The standard InChI is InChI=1S/C17H22BrN3O/c18-13-3-1-2-11(8-13)10-21(14-6-7-14)17(22)16-9-15(19-20-16)12-4-5-12/h1-3,8,12,14-16,19-20H,4-7,9-10H2. The van der Waals surface area contributed by atoms with Crippen molar-refractivity contribution >= 4 is 21.8 Å². The van der Waals surface area contributed by atoms with Crippen LogP contribution in [0.3, 0.4) is 0 Å². The lowest BCUT2D eigenvalue weighted by Crippen LogP contribution is -2.46. The van der Waals surface area contributed by atoms with Gasteiger partial charge in [0, 0.05) is 23.1 Å². The van der Waals surface area contributed by atoms with E-state index in [2.05, 4.69) is 43.8 Å². The van der Waals surface area contributed by atoms with Crippen molar-refractivity contribution in [3.8, 4) is 0 Å². The van der Waals surface area contributed by atoms with Gasteiger partial charge in [-0.25, -0.2) is 5.43 Å². The summed E-state index contributed by atoms with van der Waals surface area (Å²) in [6.45, 7) is 0.717. The Kier molecular flexibility index (Phi) is 3.96. The fourth-order valence-corrected chi connectivity index (χ4v) is 3.80. The summed E-state index contributed by atoms with van der Waals surface area (Å²) < 4.78 is 1.07. The van der Waals surface area contributed by atoms with Gasteiger partial charge in [0.25, 0.3) is 0 Å². The molecule has 0 spiro atoms. The van der Waals surface area contributed by atoms with Gasteiger partial charge in [0.05, 0.1) is 0 Å². The molecule has 2 saturated carbocycles. The van der Waals surface area contributed by atoms with E-state index < -0.39 is 0 Å². The predicted molar refractivity (Wildman–Crippen MR) is 88.9 cm³/mol. The molecule has 4 nitrogen and oxygen atoms in total. The molecule has 1 saturated heterocycles. The van der Waals surface area contributed by atoms with Gasteiger partial charge in [0.2, 0.25) is 5.91 Å². The van der Waals surface area contributed by atoms with Crippen molar-refractivity contribution in [3.05, 3.63) is 34.3 Å². The van der Waals surface area contributed by atoms with Gasteiger partial charge in [-0.2, -0.15) is 0 Å². The number of halogens is 1. The highest BCUT2D eigenvalue weighted by Gasteiger charge is 2.42. The van der Waals surface area contributed by atoms with Crippen LogP contribution in [0.25, 0.3) is 0 Å². The summed E-state index contributed by atoms with van der Waals surface area (Å²) >= 11 is 3.51. The van der Waals surface area contributed by atoms with E-state index in [1.165, 1.54) is 18.4 Å². The Bertz CT molecular complexity index is 571. The van der Waals surface area contributed by atoms with Gasteiger partial charge in [-0.1, -0.05) is 28.1 Å². The Balaban J connectivity index is 1.44. The third-order valence-corrected chi connectivity index (χ3v) is 5.43. The lowest BCUT2D eigenvalue weighted by Gasteiger charge is -2.25. The van der Waals surface area contributed by atoms with Crippen molar-refractivity contribution in [1.29, 1.82) is 0 Å². The lowest BCUT2D eigenvalue weighted by atomic mass is 10.0. The van der Waals surface area contributed by atoms with Gasteiger partial charge >= 0.3 is 0 Å². The number of hydrogen-bond donors (Lipinski definition) is 2. The van der Waals surface area contributed by atoms with E-state index in [0.29, 0.717) is 12.1 Å². The zero-order valence-electron chi connectivity index (χ0n) is 12.6. The first-order valence-corrected chi connectivity index (χ1v) is 9.06. The topological polar surface area (TPSA) is 44.4 Å². The quantitative estimate of drug-likeness (QED) is 0.844. The summed E-state index contributed by atoms with van der Waals surface area (Å²) in [7, 11) is 0. The first kappa shape index (κ1) is 14.7. The van der Waals surface area contributed by atoms with Crippen LogP contribution < -0.4 is 10.9 Å². The summed E-state index contributed by atoms with van der Waals surface area (Å²) in [5.41, 5.74) is 7.76. The summed E-state index contributed by atoms with van der Waals surface area (Å²) in [6.07, 6.45) is 5.85. The van der Waals surface area contributed by atoms with Gasteiger partial charge in [-0.15, -0.1) is 0 Å². The van der Waals surface area contributed by atoms with Gasteiger partial charge in [0.15, 0.2) is 0 Å². The van der Waals surface area contributed by atoms with Crippen molar-refractivity contribution in [2.24, 2.45) is 5.92 Å². The molecule has 3 aliphatic rings. The number of rotatable bonds is 5. The van der Waals surface area contributed by atoms with Crippen LogP contribution in [-0.2, 0) is 11.3 Å². The first-order chi connectivity index (χ1) is 10.7. The van der Waals surface area contributed by atoms with Crippen LogP contribution in [-0.4, -0.2) is 28.9 Å². The maximum absolute atomic E-state index is 12.9. The molecule has 1 aromatic rings. The number of hydrogen-bond acceptors (Lipinski definition) is 3. The number of carbonyl (C=O) groups is 1. The lowest BCUT2D eigenvalue weighted by molar-refractivity contribution is -0.134. The van der Waals surface area contributed by atoms with E-state index in [0.717, 1.165) is 36.2 Å². The number of carbonyl (C=O) groups excluding carboxylic acids is 1. The highest BCUT2D eigenvalue weighted by molar-refractivity contribution is 9.10. The zero-order chi connectivity index (χ0) is 15.1. The Morgan fingerprint density at radius 3 is 2.73 bits per heavy atom. The van der Waals surface area contributed by atoms with Gasteiger partial charge < -0.3 is 4.90 Å². The van der Waals surface area contributed by atoms with Crippen LogP contribution in [0, 0.1) is 5.92 Å². The van der Waals surface area contributed by atoms with Crippen molar-refractivity contribution < 1.29 is 4.79 Å². The molecule has 1 amide bonds. The maximum Gasteiger partial charge on any atom is 0.241 e. The third-order valence-electron chi connectivity index (χ3n) is 4.93. The molecular weight excluding hydrogens is 342 g/mol. The van der Waals surface area contributed by atoms with E-state index in [4.69, 9.17) is 0 Å². The number of benzene rings is 1. The molecular formula is C17H22BrN3O. The smallest absolute Gasteiger partial charge is 0.241 e. The SMILES string of the molecule is O=C(C1CC(C2CC2)NN1)N(Cc1cccc(Br)c1)C1CC1. The Morgan fingerprint density at radius 1 is 1.23 bits per heavy atom. The molecule has 5 heteroatoms. The summed E-state index contributed by atoms with van der Waals surface area (Å²) in [4.78, 5) is 15.0. The minimum absolute atomic E-state index is 0.0571. The molecule has 2 N–H and O–H groups in total. The zero-order valence-corrected chi connectivity index (χ0v) is 14.2. The molecule has 22 heavy (non-hydrogen) atoms. The molecule has 0 radical (unpaired) electrons. The Morgan fingerprint density at radius 2 is 2.05 bits per heavy atom. The second-order valence-electron chi connectivity index (χ2n) is 6.85. The first-order valence-electron chi connectivity index (χ1n) is 8.26. The molecule has 1 aliphatic heterocycles. The largest absolute Gasteiger partial charge is 0.334 e. The van der Waals surface area contributed by atoms with E-state index in [1.807, 2.05) is 12.1 Å². The number of amides is 1. The summed E-state index contributed by atoms with van der Waals surface area (Å²) in [5, 5.41) is 0. The average molecular weight is 364 g/mol. The molecule has 118 valence electrons. The number of hydrazine groups is 1. The van der Waals surface area contributed by atoms with Crippen LogP contribution in [0.4, 0.5) is 0 Å². The second kappa shape index (κ2) is 5.95. The average Bonchev–Trinajstić information content (AvgIpc) is 3.43. The monoisotopic (exact) mass is 363 g/mol. The molecule has 4 rings (SSSR count). The molecule has 2 atom stereocenters. The third kappa shape index (κ3) is 3.21. The molecule has 2 aliphatic carbocycles. The Labute approximate surface area is 139 Å². The van der Waals surface area contributed by atoms with Crippen molar-refractivity contribution in [3.63, 3.8) is 0 Å². The normalized spacial score (nSPS) is 27.9. The van der Waals surface area contributed by atoms with E-state index >= 15 is 0 Å². The van der Waals surface area contributed by atoms with E-state index in [1.54, 1.807) is 0 Å². The van der Waals surface area contributed by atoms with Crippen molar-refractivity contribution in [1.82, 2.24) is 15.8 Å². The highest BCUT2D eigenvalue weighted by atomic mass is 79.9. The van der Waals surface area contributed by atoms with Gasteiger partial charge in [0.1, 0.15) is 6.04 Å². The predicted octanol–water partition coefficient (Wildman–Crippen LogP) is 2.59. The van der Waals surface area contributed by atoms with Crippen LogP contribution in [0.15, 0.2) is 28.7 Å². The highest BCUT2D eigenvalue weighted by Crippen LogP contribution is 2.36. The summed E-state index contributed by atoms with van der Waals surface area (Å²) in [5.74, 6) is 1.04. The summed E-state index contributed by atoms with van der Waals surface area (Å²) in [6, 6.07) is 9.13. The van der Waals surface area contributed by atoms with Gasteiger partial charge in [-0.05, 0) is 55.7 Å². The fourth-order valence-electron chi connectivity index (χ4n) is 3.36. The number of nitrogens with one attached hydrogen (secondary N) is 2. The molecule has 0 bridgehead atoms. The van der Waals surface area contributed by atoms with E-state index in [-0.39, 0.29) is 11.9 Å². The van der Waals surface area contributed by atoms with Crippen LogP contribution >= 0.6 is 15.9 Å². The molecule has 2 unspecified atom stereocenters. The molecule has 3 fully saturated rings.